The molecule has 35 heavy (non-hydrogen) atoms. The Morgan fingerprint density at radius 3 is 2.60 bits per heavy atom. The van der Waals surface area contributed by atoms with E-state index >= 15 is 0 Å². The molecule has 2 aromatic heterocycles. The molecule has 0 aliphatic carbocycles. The average molecular weight is 469 g/mol. The van der Waals surface area contributed by atoms with E-state index in [9.17, 15) is 4.79 Å². The number of ether oxygens (including phenoxy) is 2. The molecule has 0 saturated carbocycles. The zero-order valence-corrected chi connectivity index (χ0v) is 19.5. The second kappa shape index (κ2) is 9.30. The van der Waals surface area contributed by atoms with Gasteiger partial charge in [0.25, 0.3) is 5.91 Å². The van der Waals surface area contributed by atoms with Crippen LogP contribution < -0.4 is 20.1 Å². The Balaban J connectivity index is 1.61. The molecule has 1 aliphatic rings. The number of hydrogen-bond acceptors (Lipinski definition) is 7. The molecule has 0 radical (unpaired) electrons. The van der Waals surface area contributed by atoms with Crippen LogP contribution in [0, 0.1) is 0 Å². The van der Waals surface area contributed by atoms with Gasteiger partial charge in [0.1, 0.15) is 17.5 Å². The molecule has 3 heterocycles. The molecule has 5 rings (SSSR count). The molecule has 0 saturated heterocycles. The van der Waals surface area contributed by atoms with Crippen molar-refractivity contribution in [2.45, 2.75) is 13.0 Å². The van der Waals surface area contributed by atoms with Gasteiger partial charge < -0.3 is 20.1 Å². The molecule has 9 nitrogen and oxygen atoms in total. The molecule has 2 aromatic carbocycles. The maximum Gasteiger partial charge on any atom is 0.255 e. The maximum absolute atomic E-state index is 13.7. The van der Waals surface area contributed by atoms with Gasteiger partial charge in [-0.15, -0.1) is 5.10 Å². The fourth-order valence-corrected chi connectivity index (χ4v) is 4.13. The number of nitrogens with one attached hydrogen (secondary N) is 2. The highest BCUT2D eigenvalue weighted by Gasteiger charge is 2.35. The molecule has 9 heteroatoms. The number of aromatic nitrogens is 4. The van der Waals surface area contributed by atoms with Gasteiger partial charge in [-0.2, -0.15) is 4.98 Å². The number of fused-ring (bicyclic) bond motifs is 1. The predicted molar refractivity (Wildman–Crippen MR) is 132 cm³/mol. The quantitative estimate of drug-likeness (QED) is 0.435. The minimum Gasteiger partial charge on any atom is -0.497 e. The van der Waals surface area contributed by atoms with Crippen LogP contribution in [0.2, 0.25) is 0 Å². The van der Waals surface area contributed by atoms with Gasteiger partial charge in [-0.25, -0.2) is 4.68 Å². The average Bonchev–Trinajstić information content (AvgIpc) is 3.32. The fourth-order valence-electron chi connectivity index (χ4n) is 4.13. The van der Waals surface area contributed by atoms with E-state index in [0.717, 1.165) is 11.1 Å². The van der Waals surface area contributed by atoms with E-state index < -0.39 is 6.04 Å². The minimum atomic E-state index is -0.542. The van der Waals surface area contributed by atoms with Crippen LogP contribution >= 0.6 is 0 Å². The molecule has 1 amide bonds. The van der Waals surface area contributed by atoms with Gasteiger partial charge >= 0.3 is 0 Å². The summed E-state index contributed by atoms with van der Waals surface area (Å²) in [6, 6.07) is 18.0. The summed E-state index contributed by atoms with van der Waals surface area (Å²) in [5.41, 5.74) is 3.41. The third-order valence-electron chi connectivity index (χ3n) is 5.80. The summed E-state index contributed by atoms with van der Waals surface area (Å²) >= 11 is 0. The first kappa shape index (κ1) is 22.1. The van der Waals surface area contributed by atoms with Gasteiger partial charge in [-0.05, 0) is 48.9 Å². The van der Waals surface area contributed by atoms with E-state index in [1.54, 1.807) is 43.4 Å². The van der Waals surface area contributed by atoms with Gasteiger partial charge in [-0.1, -0.05) is 24.3 Å². The Hall–Kier alpha value is -4.66. The number of methoxy groups -OCH3 is 2. The van der Waals surface area contributed by atoms with Crippen molar-refractivity contribution in [1.29, 1.82) is 0 Å². The third-order valence-corrected chi connectivity index (χ3v) is 5.80. The summed E-state index contributed by atoms with van der Waals surface area (Å²) in [6.07, 6.45) is 3.38. The van der Waals surface area contributed by atoms with Gasteiger partial charge in [0.05, 0.1) is 25.5 Å². The standard InChI is InChI=1S/C26H24N6O3/c1-16-22(25(33)29-20-9-4-5-10-21(20)35-3)23(18-7-6-8-19(15-18)34-2)32-26(28-16)30-24(31-32)17-11-13-27-14-12-17/h4-15,23H,1-3H3,(H,29,33)(H,28,30,31)/t23-/m0/s1. The van der Waals surface area contributed by atoms with Crippen LogP contribution in [0.1, 0.15) is 18.5 Å². The van der Waals surface area contributed by atoms with Crippen molar-refractivity contribution >= 4 is 17.5 Å². The zero-order valence-electron chi connectivity index (χ0n) is 19.5. The molecule has 0 bridgehead atoms. The highest BCUT2D eigenvalue weighted by Crippen LogP contribution is 2.38. The highest BCUT2D eigenvalue weighted by molar-refractivity contribution is 6.06. The van der Waals surface area contributed by atoms with Gasteiger partial charge in [-0.3, -0.25) is 9.78 Å². The lowest BCUT2D eigenvalue weighted by molar-refractivity contribution is -0.113. The number of allylic oxidation sites excluding steroid dienone is 1. The predicted octanol–water partition coefficient (Wildman–Crippen LogP) is 4.28. The lowest BCUT2D eigenvalue weighted by Crippen LogP contribution is -2.31. The van der Waals surface area contributed by atoms with E-state index in [1.807, 2.05) is 55.5 Å². The molecule has 0 fully saturated rings. The fraction of sp³-hybridized carbons (Fsp3) is 0.154. The van der Waals surface area contributed by atoms with Crippen LogP contribution in [-0.4, -0.2) is 39.9 Å². The lowest BCUT2D eigenvalue weighted by atomic mass is 9.95. The summed E-state index contributed by atoms with van der Waals surface area (Å²) in [5.74, 6) is 2.04. The summed E-state index contributed by atoms with van der Waals surface area (Å²) in [5, 5.41) is 11.0. The van der Waals surface area contributed by atoms with Crippen molar-refractivity contribution in [2.75, 3.05) is 24.9 Å². The number of carbonyl (C=O) groups excluding carboxylic acids is 1. The summed E-state index contributed by atoms with van der Waals surface area (Å²) in [4.78, 5) is 22.5. The summed E-state index contributed by atoms with van der Waals surface area (Å²) in [7, 11) is 3.18. The number of amides is 1. The van der Waals surface area contributed by atoms with Crippen LogP contribution in [0.25, 0.3) is 11.4 Å². The maximum atomic E-state index is 13.7. The largest absolute Gasteiger partial charge is 0.497 e. The van der Waals surface area contributed by atoms with E-state index in [2.05, 4.69) is 15.6 Å². The molecular weight excluding hydrogens is 444 g/mol. The van der Waals surface area contributed by atoms with Crippen molar-refractivity contribution in [3.8, 4) is 22.9 Å². The zero-order chi connectivity index (χ0) is 24.4. The monoisotopic (exact) mass is 468 g/mol. The number of hydrogen-bond donors (Lipinski definition) is 2. The topological polar surface area (TPSA) is 103 Å². The van der Waals surface area contributed by atoms with Crippen molar-refractivity contribution in [1.82, 2.24) is 19.7 Å². The second-order valence-electron chi connectivity index (χ2n) is 7.94. The molecule has 1 atom stereocenters. The molecule has 0 unspecified atom stereocenters. The van der Waals surface area contributed by atoms with Gasteiger partial charge in [0.15, 0.2) is 5.82 Å². The SMILES string of the molecule is COc1cccc([C@H]2C(C(=O)Nc3ccccc3OC)=C(C)Nc3nc(-c4ccncc4)nn32)c1. The number of anilines is 2. The summed E-state index contributed by atoms with van der Waals surface area (Å²) < 4.78 is 12.6. The number of rotatable bonds is 6. The number of benzene rings is 2. The van der Waals surface area contributed by atoms with Crippen LogP contribution in [0.15, 0.2) is 84.3 Å². The number of carbonyl (C=O) groups is 1. The molecule has 0 spiro atoms. The van der Waals surface area contributed by atoms with Crippen molar-refractivity contribution in [3.05, 3.63) is 89.9 Å². The van der Waals surface area contributed by atoms with E-state index in [1.165, 1.54) is 0 Å². The van der Waals surface area contributed by atoms with Crippen molar-refractivity contribution in [3.63, 3.8) is 0 Å². The normalized spacial score (nSPS) is 14.7. The molecule has 2 N–H and O–H groups in total. The Bertz CT molecular complexity index is 1410. The lowest BCUT2D eigenvalue weighted by Gasteiger charge is -2.29. The second-order valence-corrected chi connectivity index (χ2v) is 7.94. The first-order valence-corrected chi connectivity index (χ1v) is 11.0. The first-order valence-electron chi connectivity index (χ1n) is 11.0. The van der Waals surface area contributed by atoms with Crippen LogP contribution in [-0.2, 0) is 4.79 Å². The van der Waals surface area contributed by atoms with Crippen molar-refractivity contribution in [2.24, 2.45) is 0 Å². The van der Waals surface area contributed by atoms with Crippen LogP contribution in [0.5, 0.6) is 11.5 Å². The van der Waals surface area contributed by atoms with Crippen LogP contribution in [0.4, 0.5) is 11.6 Å². The first-order chi connectivity index (χ1) is 17.1. The number of pyridine rings is 1. The van der Waals surface area contributed by atoms with Gasteiger partial charge in [0, 0.05) is 23.7 Å². The van der Waals surface area contributed by atoms with Crippen LogP contribution in [0.3, 0.4) is 0 Å². The van der Waals surface area contributed by atoms with E-state index in [4.69, 9.17) is 19.6 Å². The molecular formula is C26H24N6O3. The Morgan fingerprint density at radius 1 is 1.03 bits per heavy atom. The van der Waals surface area contributed by atoms with Crippen molar-refractivity contribution < 1.29 is 14.3 Å². The smallest absolute Gasteiger partial charge is 0.255 e. The third kappa shape index (κ3) is 4.19. The molecule has 4 aromatic rings. The number of nitrogens with zero attached hydrogens (tertiary/aromatic N) is 4. The molecule has 176 valence electrons. The number of para-hydroxylation sites is 2. The summed E-state index contributed by atoms with van der Waals surface area (Å²) in [6.45, 7) is 1.86. The van der Waals surface area contributed by atoms with Gasteiger partial charge in [0.2, 0.25) is 5.95 Å². The Morgan fingerprint density at radius 2 is 1.83 bits per heavy atom. The highest BCUT2D eigenvalue weighted by atomic mass is 16.5. The molecule has 1 aliphatic heterocycles. The minimum absolute atomic E-state index is 0.279. The van der Waals surface area contributed by atoms with E-state index in [0.29, 0.717) is 40.2 Å². The Labute approximate surface area is 202 Å². The van der Waals surface area contributed by atoms with E-state index in [-0.39, 0.29) is 5.91 Å². The Kier molecular flexibility index (Phi) is 5.88.